The van der Waals surface area contributed by atoms with E-state index in [0.717, 1.165) is 0 Å². The fourth-order valence-electron chi connectivity index (χ4n) is 2.14. The molecule has 0 bridgehead atoms. The molecule has 0 spiro atoms. The van der Waals surface area contributed by atoms with E-state index in [2.05, 4.69) is 17.2 Å². The zero-order valence-corrected chi connectivity index (χ0v) is 12.9. The Morgan fingerprint density at radius 3 is 2.85 bits per heavy atom. The van der Waals surface area contributed by atoms with E-state index in [-0.39, 0.29) is 31.1 Å². The largest absolute Gasteiger partial charge is 0.368 e. The minimum absolute atomic E-state index is 0.0721. The monoisotopic (exact) mass is 306 g/mol. The maximum atomic E-state index is 13.4. The summed E-state index contributed by atoms with van der Waals surface area (Å²) in [6.07, 6.45) is 0.923. The number of hydrogen-bond acceptors (Lipinski definition) is 3. The molecular weight excluding hydrogens is 283 g/mol. The van der Waals surface area contributed by atoms with E-state index in [1.807, 2.05) is 14.0 Å². The van der Waals surface area contributed by atoms with E-state index in [1.165, 1.54) is 0 Å². The van der Waals surface area contributed by atoms with Crippen LogP contribution in [0.1, 0.15) is 32.6 Å². The summed E-state index contributed by atoms with van der Waals surface area (Å²) >= 11 is 5.80. The van der Waals surface area contributed by atoms with Crippen LogP contribution in [0.5, 0.6) is 0 Å². The molecule has 0 aromatic carbocycles. The molecule has 0 aromatic heterocycles. The molecule has 1 fully saturated rings. The fraction of sp³-hybridized carbons (Fsp3) is 0.786. The molecular formula is C14H24ClFN2O2. The third kappa shape index (κ3) is 6.20. The molecule has 1 rings (SSSR count). The van der Waals surface area contributed by atoms with Crippen LogP contribution < -0.4 is 10.6 Å². The number of carbonyl (C=O) groups is 1. The highest BCUT2D eigenvalue weighted by atomic mass is 35.5. The summed E-state index contributed by atoms with van der Waals surface area (Å²) in [7, 11) is 1.85. The lowest BCUT2D eigenvalue weighted by Gasteiger charge is -2.28. The Kier molecular flexibility index (Phi) is 7.48. The highest BCUT2D eigenvalue weighted by molar-refractivity contribution is 6.21. The van der Waals surface area contributed by atoms with Gasteiger partial charge >= 0.3 is 0 Å². The van der Waals surface area contributed by atoms with Crippen molar-refractivity contribution in [3.05, 3.63) is 12.3 Å². The van der Waals surface area contributed by atoms with Crippen LogP contribution in [0.2, 0.25) is 0 Å². The van der Waals surface area contributed by atoms with E-state index >= 15 is 0 Å². The lowest BCUT2D eigenvalue weighted by atomic mass is 9.95. The molecule has 0 aliphatic heterocycles. The number of ether oxygens (including phenoxy) is 1. The zero-order chi connectivity index (χ0) is 15.1. The summed E-state index contributed by atoms with van der Waals surface area (Å²) in [4.78, 5) is 11.7. The quantitative estimate of drug-likeness (QED) is 0.709. The standard InChI is InChI=1S/C14H24ClFN2O2/c1-9(17-3)6-10(2)18-14(19)8-20-11-4-5-12(15)13(16)7-11/h9,11-13,17H,2,4-8H2,1,3H3,(H,18,19). The molecule has 1 aliphatic rings. The first-order valence-corrected chi connectivity index (χ1v) is 7.40. The van der Waals surface area contributed by atoms with Crippen LogP contribution in [0.3, 0.4) is 0 Å². The van der Waals surface area contributed by atoms with Crippen molar-refractivity contribution in [2.24, 2.45) is 0 Å². The van der Waals surface area contributed by atoms with Gasteiger partial charge in [-0.3, -0.25) is 4.79 Å². The molecule has 0 radical (unpaired) electrons. The minimum atomic E-state index is -1.05. The highest BCUT2D eigenvalue weighted by Gasteiger charge is 2.29. The molecule has 4 unspecified atom stereocenters. The first-order chi connectivity index (χ1) is 9.42. The van der Waals surface area contributed by atoms with Crippen LogP contribution in [0.4, 0.5) is 4.39 Å². The molecule has 1 saturated carbocycles. The Bertz CT molecular complexity index is 341. The van der Waals surface area contributed by atoms with Gasteiger partial charge in [0.2, 0.25) is 5.91 Å². The third-order valence-electron chi connectivity index (χ3n) is 3.46. The van der Waals surface area contributed by atoms with Crippen LogP contribution in [0.25, 0.3) is 0 Å². The molecule has 1 aliphatic carbocycles. The first kappa shape index (κ1) is 17.4. The molecule has 4 atom stereocenters. The number of nitrogens with one attached hydrogen (secondary N) is 2. The number of halogens is 2. The molecule has 4 nitrogen and oxygen atoms in total. The number of alkyl halides is 2. The maximum Gasteiger partial charge on any atom is 0.250 e. The van der Waals surface area contributed by atoms with Crippen LogP contribution in [-0.4, -0.2) is 43.3 Å². The second kappa shape index (κ2) is 8.60. The summed E-state index contributed by atoms with van der Waals surface area (Å²) in [6.45, 7) is 5.72. The van der Waals surface area contributed by atoms with Gasteiger partial charge in [-0.1, -0.05) is 6.58 Å². The summed E-state index contributed by atoms with van der Waals surface area (Å²) in [6, 6.07) is 0.245. The smallest absolute Gasteiger partial charge is 0.250 e. The van der Waals surface area contributed by atoms with E-state index in [9.17, 15) is 9.18 Å². The van der Waals surface area contributed by atoms with Gasteiger partial charge in [-0.05, 0) is 26.8 Å². The van der Waals surface area contributed by atoms with Gasteiger partial charge in [0, 0.05) is 24.6 Å². The number of hydrogen-bond donors (Lipinski definition) is 2. The molecule has 116 valence electrons. The third-order valence-corrected chi connectivity index (χ3v) is 3.95. The lowest BCUT2D eigenvalue weighted by Crippen LogP contribution is -2.35. The molecule has 2 N–H and O–H groups in total. The van der Waals surface area contributed by atoms with Gasteiger partial charge in [0.05, 0.1) is 11.5 Å². The topological polar surface area (TPSA) is 50.4 Å². The maximum absolute atomic E-state index is 13.4. The minimum Gasteiger partial charge on any atom is -0.368 e. The second-order valence-electron chi connectivity index (χ2n) is 5.32. The zero-order valence-electron chi connectivity index (χ0n) is 12.1. The Morgan fingerprint density at radius 2 is 2.25 bits per heavy atom. The lowest BCUT2D eigenvalue weighted by molar-refractivity contribution is -0.128. The average Bonchev–Trinajstić information content (AvgIpc) is 2.39. The summed E-state index contributed by atoms with van der Waals surface area (Å²) in [5.74, 6) is -0.248. The predicted molar refractivity (Wildman–Crippen MR) is 78.5 cm³/mol. The van der Waals surface area contributed by atoms with Crippen molar-refractivity contribution in [3.63, 3.8) is 0 Å². The highest BCUT2D eigenvalue weighted by Crippen LogP contribution is 2.27. The molecule has 1 amide bonds. The molecule has 20 heavy (non-hydrogen) atoms. The van der Waals surface area contributed by atoms with E-state index in [0.29, 0.717) is 25.0 Å². The fourth-order valence-corrected chi connectivity index (χ4v) is 2.37. The van der Waals surface area contributed by atoms with Crippen molar-refractivity contribution in [1.82, 2.24) is 10.6 Å². The van der Waals surface area contributed by atoms with Crippen LogP contribution in [-0.2, 0) is 9.53 Å². The Labute approximate surface area is 125 Å². The summed E-state index contributed by atoms with van der Waals surface area (Å²) in [5, 5.41) is 5.33. The first-order valence-electron chi connectivity index (χ1n) is 6.97. The molecule has 0 saturated heterocycles. The van der Waals surface area contributed by atoms with Gasteiger partial charge in [-0.25, -0.2) is 4.39 Å². The van der Waals surface area contributed by atoms with E-state index in [1.54, 1.807) is 0 Å². The van der Waals surface area contributed by atoms with E-state index < -0.39 is 11.5 Å². The molecule has 0 heterocycles. The van der Waals surface area contributed by atoms with E-state index in [4.69, 9.17) is 16.3 Å². The predicted octanol–water partition coefficient (Wildman–Crippen LogP) is 2.13. The van der Waals surface area contributed by atoms with Gasteiger partial charge < -0.3 is 15.4 Å². The van der Waals surface area contributed by atoms with Gasteiger partial charge in [0.15, 0.2) is 0 Å². The van der Waals surface area contributed by atoms with Gasteiger partial charge in [-0.15, -0.1) is 11.6 Å². The van der Waals surface area contributed by atoms with Crippen molar-refractivity contribution >= 4 is 17.5 Å². The van der Waals surface area contributed by atoms with Gasteiger partial charge in [-0.2, -0.15) is 0 Å². The second-order valence-corrected chi connectivity index (χ2v) is 5.88. The van der Waals surface area contributed by atoms with Crippen molar-refractivity contribution in [2.45, 2.75) is 56.3 Å². The Morgan fingerprint density at radius 1 is 1.55 bits per heavy atom. The molecule has 0 aromatic rings. The van der Waals surface area contributed by atoms with Crippen LogP contribution >= 0.6 is 11.6 Å². The Hall–Kier alpha value is -0.650. The van der Waals surface area contributed by atoms with Gasteiger partial charge in [0.25, 0.3) is 0 Å². The number of amides is 1. The van der Waals surface area contributed by atoms with Gasteiger partial charge in [0.1, 0.15) is 12.8 Å². The van der Waals surface area contributed by atoms with Crippen molar-refractivity contribution < 1.29 is 13.9 Å². The van der Waals surface area contributed by atoms with Crippen LogP contribution in [0, 0.1) is 0 Å². The average molecular weight is 307 g/mol. The summed E-state index contributed by atoms with van der Waals surface area (Å²) in [5.41, 5.74) is 0.647. The van der Waals surface area contributed by atoms with Crippen LogP contribution in [0.15, 0.2) is 12.3 Å². The van der Waals surface area contributed by atoms with Crippen molar-refractivity contribution in [1.29, 1.82) is 0 Å². The molecule has 6 heteroatoms. The SMILES string of the molecule is C=C(CC(C)NC)NC(=O)COC1CCC(Cl)C(F)C1. The number of rotatable bonds is 7. The van der Waals surface area contributed by atoms with Crippen molar-refractivity contribution in [2.75, 3.05) is 13.7 Å². The number of carbonyl (C=O) groups excluding carboxylic acids is 1. The van der Waals surface area contributed by atoms with Crippen molar-refractivity contribution in [3.8, 4) is 0 Å². The normalized spacial score (nSPS) is 27.9. The summed E-state index contributed by atoms with van der Waals surface area (Å²) < 4.78 is 18.8. The Balaban J connectivity index is 2.21.